The van der Waals surface area contributed by atoms with Gasteiger partial charge in [0.1, 0.15) is 12.7 Å². The summed E-state index contributed by atoms with van der Waals surface area (Å²) in [6.07, 6.45) is 7.04. The first-order valence-electron chi connectivity index (χ1n) is 7.93. The maximum Gasteiger partial charge on any atom is 0.137 e. The fourth-order valence-corrected chi connectivity index (χ4v) is 3.50. The second-order valence-corrected chi connectivity index (χ2v) is 6.62. The van der Waals surface area contributed by atoms with Crippen LogP contribution in [-0.2, 0) is 24.2 Å². The number of nitrogens with zero attached hydrogens (tertiary/aromatic N) is 5. The highest BCUT2D eigenvalue weighted by Crippen LogP contribution is 2.16. The number of morpholine rings is 1. The third-order valence-corrected chi connectivity index (χ3v) is 4.77. The van der Waals surface area contributed by atoms with Crippen LogP contribution in [0.4, 0.5) is 0 Å². The molecule has 0 N–H and O–H groups in total. The van der Waals surface area contributed by atoms with Crippen LogP contribution in [0.5, 0.6) is 0 Å². The molecule has 1 fully saturated rings. The number of ether oxygens (including phenoxy) is 1. The van der Waals surface area contributed by atoms with Gasteiger partial charge in [-0.2, -0.15) is 5.10 Å². The molecule has 1 aliphatic rings. The number of rotatable bonds is 7. The third-order valence-electron chi connectivity index (χ3n) is 3.81. The molecule has 3 heterocycles. The Bertz CT molecular complexity index is 556. The predicted octanol–water partition coefficient (Wildman–Crippen LogP) is 1.98. The van der Waals surface area contributed by atoms with E-state index in [1.165, 1.54) is 23.5 Å². The largest absolute Gasteiger partial charge is 0.374 e. The fourth-order valence-electron chi connectivity index (χ4n) is 2.66. The van der Waals surface area contributed by atoms with Crippen LogP contribution in [0.25, 0.3) is 0 Å². The maximum atomic E-state index is 5.83. The third kappa shape index (κ3) is 4.34. The monoisotopic (exact) mass is 321 g/mol. The second kappa shape index (κ2) is 7.80. The molecule has 3 rings (SSSR count). The van der Waals surface area contributed by atoms with Crippen LogP contribution >= 0.6 is 11.3 Å². The molecule has 120 valence electrons. The summed E-state index contributed by atoms with van der Waals surface area (Å²) in [4.78, 5) is 11.1. The Morgan fingerprint density at radius 2 is 2.41 bits per heavy atom. The smallest absolute Gasteiger partial charge is 0.137 e. The van der Waals surface area contributed by atoms with E-state index in [0.29, 0.717) is 0 Å². The molecule has 0 unspecified atom stereocenters. The lowest BCUT2D eigenvalue weighted by Gasteiger charge is -2.32. The maximum absolute atomic E-state index is 5.83. The van der Waals surface area contributed by atoms with Gasteiger partial charge in [-0.05, 0) is 12.8 Å². The lowest BCUT2D eigenvalue weighted by molar-refractivity contribution is -0.0405. The fraction of sp³-hybridized carbons (Fsp3) is 0.667. The Morgan fingerprint density at radius 1 is 1.45 bits per heavy atom. The lowest BCUT2D eigenvalue weighted by Crippen LogP contribution is -2.43. The van der Waals surface area contributed by atoms with Gasteiger partial charge in [-0.1, -0.05) is 13.3 Å². The van der Waals surface area contributed by atoms with Gasteiger partial charge in [0.15, 0.2) is 0 Å². The van der Waals surface area contributed by atoms with E-state index in [4.69, 9.17) is 9.72 Å². The van der Waals surface area contributed by atoms with E-state index in [0.717, 1.165) is 39.2 Å². The molecule has 1 aliphatic heterocycles. The molecule has 0 aromatic carbocycles. The van der Waals surface area contributed by atoms with Crippen molar-refractivity contribution in [3.63, 3.8) is 0 Å². The molecular formula is C15H23N5OS. The highest BCUT2D eigenvalue weighted by Gasteiger charge is 2.21. The van der Waals surface area contributed by atoms with E-state index in [2.05, 4.69) is 27.3 Å². The van der Waals surface area contributed by atoms with E-state index >= 15 is 0 Å². The SMILES string of the molecule is CCCCc1nc(CN2CCO[C@H](Cn3cncn3)C2)cs1. The van der Waals surface area contributed by atoms with Crippen LogP contribution in [0.1, 0.15) is 30.5 Å². The topological polar surface area (TPSA) is 56.1 Å². The van der Waals surface area contributed by atoms with E-state index in [1.807, 2.05) is 4.68 Å². The highest BCUT2D eigenvalue weighted by atomic mass is 32.1. The minimum atomic E-state index is 0.175. The number of hydrogen-bond acceptors (Lipinski definition) is 6. The van der Waals surface area contributed by atoms with Gasteiger partial charge in [0.2, 0.25) is 0 Å². The molecule has 0 radical (unpaired) electrons. The van der Waals surface area contributed by atoms with Crippen molar-refractivity contribution in [3.8, 4) is 0 Å². The summed E-state index contributed by atoms with van der Waals surface area (Å²) >= 11 is 1.79. The van der Waals surface area contributed by atoms with Crippen LogP contribution in [0.2, 0.25) is 0 Å². The highest BCUT2D eigenvalue weighted by molar-refractivity contribution is 7.09. The van der Waals surface area contributed by atoms with Gasteiger partial charge in [-0.25, -0.2) is 9.97 Å². The predicted molar refractivity (Wildman–Crippen MR) is 85.8 cm³/mol. The number of hydrogen-bond donors (Lipinski definition) is 0. The van der Waals surface area contributed by atoms with Crippen molar-refractivity contribution < 1.29 is 4.74 Å². The summed E-state index contributed by atoms with van der Waals surface area (Å²) in [5.74, 6) is 0. The molecule has 2 aromatic rings. The molecule has 0 saturated carbocycles. The van der Waals surface area contributed by atoms with Crippen molar-refractivity contribution in [1.82, 2.24) is 24.6 Å². The molecule has 1 atom stereocenters. The van der Waals surface area contributed by atoms with Gasteiger partial charge in [-0.3, -0.25) is 9.58 Å². The van der Waals surface area contributed by atoms with Crippen LogP contribution in [0.15, 0.2) is 18.0 Å². The zero-order valence-corrected chi connectivity index (χ0v) is 13.8. The summed E-state index contributed by atoms with van der Waals surface area (Å²) in [6.45, 7) is 6.55. The standard InChI is InChI=1S/C15H23N5OS/c1-2-3-4-15-18-13(10-22-15)7-19-5-6-21-14(8-19)9-20-12-16-11-17-20/h10-12,14H,2-9H2,1H3/t14-/m0/s1. The number of thiazole rings is 1. The summed E-state index contributed by atoms with van der Waals surface area (Å²) in [5.41, 5.74) is 1.19. The first-order chi connectivity index (χ1) is 10.8. The van der Waals surface area contributed by atoms with Crippen LogP contribution in [0, 0.1) is 0 Å². The van der Waals surface area contributed by atoms with Gasteiger partial charge < -0.3 is 4.74 Å². The Hall–Kier alpha value is -1.31. The minimum Gasteiger partial charge on any atom is -0.374 e. The molecule has 7 heteroatoms. The zero-order valence-electron chi connectivity index (χ0n) is 13.0. The summed E-state index contributed by atoms with van der Waals surface area (Å²) in [7, 11) is 0. The molecular weight excluding hydrogens is 298 g/mol. The zero-order chi connectivity index (χ0) is 15.2. The van der Waals surface area contributed by atoms with Crippen molar-refractivity contribution in [1.29, 1.82) is 0 Å². The van der Waals surface area contributed by atoms with Gasteiger partial charge >= 0.3 is 0 Å². The average Bonchev–Trinajstić information content (AvgIpc) is 3.17. The quantitative estimate of drug-likeness (QED) is 0.780. The molecule has 0 bridgehead atoms. The van der Waals surface area contributed by atoms with Crippen molar-refractivity contribution in [2.24, 2.45) is 0 Å². The molecule has 2 aromatic heterocycles. The van der Waals surface area contributed by atoms with Crippen LogP contribution < -0.4 is 0 Å². The molecule has 1 saturated heterocycles. The summed E-state index contributed by atoms with van der Waals surface area (Å²) < 4.78 is 7.66. The van der Waals surface area contributed by atoms with E-state index in [9.17, 15) is 0 Å². The minimum absolute atomic E-state index is 0.175. The molecule has 0 aliphatic carbocycles. The van der Waals surface area contributed by atoms with E-state index in [-0.39, 0.29) is 6.10 Å². The van der Waals surface area contributed by atoms with Crippen LogP contribution in [-0.4, -0.2) is 50.4 Å². The Labute approximate surface area is 135 Å². The van der Waals surface area contributed by atoms with Gasteiger partial charge in [-0.15, -0.1) is 11.3 Å². The summed E-state index contributed by atoms with van der Waals surface area (Å²) in [5, 5.41) is 7.62. The van der Waals surface area contributed by atoms with Crippen LogP contribution in [0.3, 0.4) is 0 Å². The Morgan fingerprint density at radius 3 is 3.23 bits per heavy atom. The first kappa shape index (κ1) is 15.6. The first-order valence-corrected chi connectivity index (χ1v) is 8.81. The van der Waals surface area contributed by atoms with Crippen molar-refractivity contribution in [2.75, 3.05) is 19.7 Å². The normalized spacial score (nSPS) is 19.6. The molecule has 0 amide bonds. The van der Waals surface area contributed by atoms with E-state index in [1.54, 1.807) is 24.0 Å². The lowest BCUT2D eigenvalue weighted by atomic mass is 10.2. The molecule has 0 spiro atoms. The number of aryl methyl sites for hydroxylation is 1. The van der Waals surface area contributed by atoms with Crippen molar-refractivity contribution >= 4 is 11.3 Å². The van der Waals surface area contributed by atoms with Gasteiger partial charge in [0, 0.05) is 25.0 Å². The van der Waals surface area contributed by atoms with E-state index < -0.39 is 0 Å². The number of unbranched alkanes of at least 4 members (excludes halogenated alkanes) is 1. The molecule has 6 nitrogen and oxygen atoms in total. The second-order valence-electron chi connectivity index (χ2n) is 5.68. The molecule has 22 heavy (non-hydrogen) atoms. The Balaban J connectivity index is 1.50. The van der Waals surface area contributed by atoms with Crippen molar-refractivity contribution in [2.45, 2.75) is 45.4 Å². The van der Waals surface area contributed by atoms with Gasteiger partial charge in [0.25, 0.3) is 0 Å². The van der Waals surface area contributed by atoms with Gasteiger partial charge in [0.05, 0.1) is 30.0 Å². The average molecular weight is 321 g/mol. The number of aromatic nitrogens is 4. The Kier molecular flexibility index (Phi) is 5.53. The van der Waals surface area contributed by atoms with Crippen molar-refractivity contribution in [3.05, 3.63) is 28.7 Å². The summed E-state index contributed by atoms with van der Waals surface area (Å²) in [6, 6.07) is 0.